The minimum Gasteiger partial charge on any atom is -0.392 e. The molecular weight excluding hydrogens is 400 g/mol. The molecule has 0 radical (unpaired) electrons. The molecule has 1 N–H and O–H groups in total. The number of hydrogen-bond acceptors (Lipinski definition) is 1. The van der Waals surface area contributed by atoms with Crippen LogP contribution in [0, 0.1) is 0 Å². The van der Waals surface area contributed by atoms with Gasteiger partial charge in [-0.2, -0.15) is 0 Å². The molecule has 0 bridgehead atoms. The summed E-state index contributed by atoms with van der Waals surface area (Å²) in [4.78, 5) is 0. The maximum absolute atomic E-state index is 9.37. The smallest absolute Gasteiger partial charge is 0.0687 e. The van der Waals surface area contributed by atoms with E-state index in [4.69, 9.17) is 0 Å². The first kappa shape index (κ1) is 25.0. The highest BCUT2D eigenvalue weighted by Gasteiger charge is 2.28. The van der Waals surface area contributed by atoms with Gasteiger partial charge in [-0.1, -0.05) is 116 Å². The minimum atomic E-state index is 0. The Hall–Kier alpha value is -2.64. The van der Waals surface area contributed by atoms with E-state index in [0.29, 0.717) is 23.7 Å². The van der Waals surface area contributed by atoms with Crippen molar-refractivity contribution in [1.82, 2.24) is 0 Å². The highest BCUT2D eigenvalue weighted by molar-refractivity contribution is 5.94. The largest absolute Gasteiger partial charge is 0.392 e. The van der Waals surface area contributed by atoms with Crippen LogP contribution in [-0.2, 0) is 6.61 Å². The summed E-state index contributed by atoms with van der Waals surface area (Å²) in [5.74, 6) is 2.53. The van der Waals surface area contributed by atoms with E-state index in [9.17, 15) is 5.11 Å². The van der Waals surface area contributed by atoms with E-state index in [1.54, 1.807) is 0 Å². The predicted octanol–water partition coefficient (Wildman–Crippen LogP) is 9.28. The lowest BCUT2D eigenvalue weighted by atomic mass is 9.94. The molecule has 4 atom stereocenters. The number of rotatable bonds is 1. The standard InChI is InChI=1S/C15H16O.C14H14.C2H6.CH4/c1-9-10(2)13-7-6-11(8-16)14-5-3-4-12(9)15(13)14;1-9-10(2)13-8-4-6-11-5-3-7-12(9)14(11)13;1-2;/h3-7,9-10,16H,8H2,1-2H3;3-10H,1-2H3;1-2H3;1H4. The zero-order valence-corrected chi connectivity index (χ0v) is 20.3. The molecule has 1 heteroatoms. The molecule has 0 fully saturated rings. The molecule has 2 aliphatic carbocycles. The van der Waals surface area contributed by atoms with Gasteiger partial charge >= 0.3 is 0 Å². The van der Waals surface area contributed by atoms with Gasteiger partial charge in [-0.25, -0.2) is 0 Å². The lowest BCUT2D eigenvalue weighted by Gasteiger charge is -2.10. The third-order valence-electron chi connectivity index (χ3n) is 7.80. The summed E-state index contributed by atoms with van der Waals surface area (Å²) in [5, 5.41) is 14.9. The summed E-state index contributed by atoms with van der Waals surface area (Å²) in [5.41, 5.74) is 6.99. The number of aliphatic hydroxyl groups is 1. The Balaban J connectivity index is 0.000000169. The Morgan fingerprint density at radius 2 is 1.00 bits per heavy atom. The topological polar surface area (TPSA) is 20.2 Å². The normalized spacial score (nSPS) is 21.7. The minimum absolute atomic E-state index is 0. The van der Waals surface area contributed by atoms with Crippen LogP contribution in [0.1, 0.15) is 100 Å². The van der Waals surface area contributed by atoms with E-state index >= 15 is 0 Å². The first-order valence-electron chi connectivity index (χ1n) is 12.2. The molecule has 6 rings (SSSR count). The Kier molecular flexibility index (Phi) is 7.65. The van der Waals surface area contributed by atoms with E-state index in [1.165, 1.54) is 43.8 Å². The van der Waals surface area contributed by atoms with Crippen molar-refractivity contribution in [3.05, 3.63) is 94.5 Å². The highest BCUT2D eigenvalue weighted by Crippen LogP contribution is 2.47. The molecule has 33 heavy (non-hydrogen) atoms. The fourth-order valence-electron chi connectivity index (χ4n) is 5.66. The van der Waals surface area contributed by atoms with Gasteiger partial charge in [-0.05, 0) is 73.0 Å². The zero-order chi connectivity index (χ0) is 23.0. The lowest BCUT2D eigenvalue weighted by Crippen LogP contribution is -1.95. The summed E-state index contributed by atoms with van der Waals surface area (Å²) in [7, 11) is 0. The molecule has 174 valence electrons. The molecule has 0 heterocycles. The zero-order valence-electron chi connectivity index (χ0n) is 20.3. The van der Waals surface area contributed by atoms with E-state index < -0.39 is 0 Å². The Morgan fingerprint density at radius 3 is 1.48 bits per heavy atom. The Morgan fingerprint density at radius 1 is 0.576 bits per heavy atom. The summed E-state index contributed by atoms with van der Waals surface area (Å²) < 4.78 is 0. The third-order valence-corrected chi connectivity index (χ3v) is 7.80. The molecule has 0 amide bonds. The van der Waals surface area contributed by atoms with Crippen molar-refractivity contribution in [3.63, 3.8) is 0 Å². The quantitative estimate of drug-likeness (QED) is 0.313. The fraction of sp³-hybridized carbons (Fsp3) is 0.375. The molecule has 0 saturated heterocycles. The summed E-state index contributed by atoms with van der Waals surface area (Å²) in [6, 6.07) is 24.0. The van der Waals surface area contributed by atoms with E-state index in [2.05, 4.69) is 94.4 Å². The van der Waals surface area contributed by atoms with E-state index in [1.807, 2.05) is 13.8 Å². The van der Waals surface area contributed by atoms with Gasteiger partial charge in [0.1, 0.15) is 0 Å². The van der Waals surface area contributed by atoms with Gasteiger partial charge in [0, 0.05) is 0 Å². The molecule has 0 spiro atoms. The molecule has 4 aromatic rings. The van der Waals surface area contributed by atoms with Crippen molar-refractivity contribution < 1.29 is 5.11 Å². The molecular formula is C32H40O. The van der Waals surface area contributed by atoms with Gasteiger partial charge in [-0.3, -0.25) is 0 Å². The third kappa shape index (κ3) is 3.97. The van der Waals surface area contributed by atoms with Gasteiger partial charge in [0.15, 0.2) is 0 Å². The van der Waals surface area contributed by atoms with E-state index in [0.717, 1.165) is 5.56 Å². The Bertz CT molecular complexity index is 1200. The van der Waals surface area contributed by atoms with Gasteiger partial charge < -0.3 is 5.11 Å². The van der Waals surface area contributed by atoms with Gasteiger partial charge in [0.25, 0.3) is 0 Å². The summed E-state index contributed by atoms with van der Waals surface area (Å²) in [6.07, 6.45) is 0. The van der Waals surface area contributed by atoms with Crippen LogP contribution in [0.5, 0.6) is 0 Å². The van der Waals surface area contributed by atoms with Crippen molar-refractivity contribution in [3.8, 4) is 0 Å². The van der Waals surface area contributed by atoms with Crippen LogP contribution in [0.2, 0.25) is 0 Å². The maximum atomic E-state index is 9.37. The molecule has 4 unspecified atom stereocenters. The molecule has 1 nitrogen and oxygen atoms in total. The van der Waals surface area contributed by atoms with Crippen LogP contribution >= 0.6 is 0 Å². The second-order valence-electron chi connectivity index (χ2n) is 9.19. The SMILES string of the molecule is C.CC.CC1c2cccc3c(CO)ccc(c23)C1C.CC1c2cccc3cccc(c23)C1C. The van der Waals surface area contributed by atoms with Gasteiger partial charge in [0.2, 0.25) is 0 Å². The van der Waals surface area contributed by atoms with Crippen molar-refractivity contribution in [2.45, 2.75) is 79.2 Å². The second-order valence-corrected chi connectivity index (χ2v) is 9.19. The van der Waals surface area contributed by atoms with Crippen molar-refractivity contribution in [2.24, 2.45) is 0 Å². The summed E-state index contributed by atoms with van der Waals surface area (Å²) >= 11 is 0. The van der Waals surface area contributed by atoms with Crippen LogP contribution in [0.4, 0.5) is 0 Å². The fourth-order valence-corrected chi connectivity index (χ4v) is 5.66. The molecule has 0 aliphatic heterocycles. The molecule has 4 aromatic carbocycles. The van der Waals surface area contributed by atoms with Crippen LogP contribution in [-0.4, -0.2) is 5.11 Å². The lowest BCUT2D eigenvalue weighted by molar-refractivity contribution is 0.283. The van der Waals surface area contributed by atoms with Crippen LogP contribution in [0.15, 0.2) is 66.7 Å². The average Bonchev–Trinajstić information content (AvgIpc) is 3.25. The van der Waals surface area contributed by atoms with E-state index in [-0.39, 0.29) is 14.0 Å². The van der Waals surface area contributed by atoms with Crippen LogP contribution < -0.4 is 0 Å². The van der Waals surface area contributed by atoms with Gasteiger partial charge in [0.05, 0.1) is 6.61 Å². The molecule has 2 aliphatic rings. The number of benzene rings is 4. The maximum Gasteiger partial charge on any atom is 0.0687 e. The average molecular weight is 441 g/mol. The van der Waals surface area contributed by atoms with Crippen LogP contribution in [0.3, 0.4) is 0 Å². The Labute approximate surface area is 200 Å². The predicted molar refractivity (Wildman–Crippen MR) is 146 cm³/mol. The monoisotopic (exact) mass is 440 g/mol. The number of aliphatic hydroxyl groups excluding tert-OH is 1. The summed E-state index contributed by atoms with van der Waals surface area (Å²) in [6.45, 7) is 13.4. The van der Waals surface area contributed by atoms with Crippen LogP contribution in [0.25, 0.3) is 21.5 Å². The molecule has 0 aromatic heterocycles. The number of hydrogen-bond donors (Lipinski definition) is 1. The van der Waals surface area contributed by atoms with Gasteiger partial charge in [-0.15, -0.1) is 0 Å². The first-order chi connectivity index (χ1) is 15.5. The highest BCUT2D eigenvalue weighted by atomic mass is 16.3. The second kappa shape index (κ2) is 10.1. The van der Waals surface area contributed by atoms with Crippen molar-refractivity contribution in [2.75, 3.05) is 0 Å². The molecule has 0 saturated carbocycles. The van der Waals surface area contributed by atoms with Crippen molar-refractivity contribution in [1.29, 1.82) is 0 Å². The van der Waals surface area contributed by atoms with Crippen molar-refractivity contribution >= 4 is 21.5 Å². The first-order valence-corrected chi connectivity index (χ1v) is 12.2.